The first-order chi connectivity index (χ1) is 7.28. The molecule has 2 N–H and O–H groups in total. The van der Waals surface area contributed by atoms with Crippen LogP contribution in [0.25, 0.3) is 0 Å². The Balaban J connectivity index is 5.34. The molecule has 0 rings (SSSR count). The second-order valence-electron chi connectivity index (χ2n) is 3.67. The van der Waals surface area contributed by atoms with E-state index in [9.17, 15) is 14.4 Å². The number of carbonyl (C=O) groups is 3. The van der Waals surface area contributed by atoms with Crippen molar-refractivity contribution < 1.29 is 24.2 Å². The molecule has 0 aliphatic carbocycles. The van der Waals surface area contributed by atoms with Crippen LogP contribution in [-0.2, 0) is 19.1 Å². The summed E-state index contributed by atoms with van der Waals surface area (Å²) in [4.78, 5) is 33.9. The van der Waals surface area contributed by atoms with Crippen molar-refractivity contribution in [1.82, 2.24) is 5.32 Å². The number of carboxylic acid groups (broad SMARTS) is 1. The number of rotatable bonds is 5. The van der Waals surface area contributed by atoms with E-state index in [-0.39, 0.29) is 6.61 Å². The molecule has 0 radical (unpaired) electrons. The molecule has 1 atom stereocenters. The Kier molecular flexibility index (Phi) is 4.94. The summed E-state index contributed by atoms with van der Waals surface area (Å²) in [5.41, 5.74) is -2.01. The van der Waals surface area contributed by atoms with Gasteiger partial charge in [0.2, 0.25) is 11.4 Å². The van der Waals surface area contributed by atoms with Crippen LogP contribution >= 0.6 is 0 Å². The van der Waals surface area contributed by atoms with Gasteiger partial charge in [0, 0.05) is 6.92 Å². The fourth-order valence-electron chi connectivity index (χ4n) is 1.34. The number of nitrogens with one attached hydrogen (secondary N) is 1. The third kappa shape index (κ3) is 2.71. The fraction of sp³-hybridized carbons (Fsp3) is 0.700. The predicted octanol–water partition coefficient (Wildman–Crippen LogP) is 0.165. The number of carboxylic acids is 1. The van der Waals surface area contributed by atoms with Gasteiger partial charge < -0.3 is 15.2 Å². The first kappa shape index (κ1) is 14.4. The Labute approximate surface area is 94.0 Å². The number of ether oxygens (including phenoxy) is 1. The van der Waals surface area contributed by atoms with Gasteiger partial charge in [-0.2, -0.15) is 0 Å². The van der Waals surface area contributed by atoms with E-state index in [0.29, 0.717) is 0 Å². The minimum Gasteiger partial charge on any atom is -0.479 e. The average molecular weight is 231 g/mol. The zero-order valence-corrected chi connectivity index (χ0v) is 9.86. The van der Waals surface area contributed by atoms with Gasteiger partial charge >= 0.3 is 11.9 Å². The van der Waals surface area contributed by atoms with Gasteiger partial charge in [0.05, 0.1) is 6.61 Å². The first-order valence-electron chi connectivity index (χ1n) is 4.98. The van der Waals surface area contributed by atoms with Gasteiger partial charge in [-0.15, -0.1) is 0 Å². The molecule has 16 heavy (non-hydrogen) atoms. The summed E-state index contributed by atoms with van der Waals surface area (Å²) in [6.07, 6.45) is 0. The van der Waals surface area contributed by atoms with Gasteiger partial charge in [-0.3, -0.25) is 4.79 Å². The molecule has 0 fully saturated rings. The maximum Gasteiger partial charge on any atom is 0.343 e. The Morgan fingerprint density at radius 1 is 1.38 bits per heavy atom. The van der Waals surface area contributed by atoms with Crippen molar-refractivity contribution in [3.05, 3.63) is 0 Å². The van der Waals surface area contributed by atoms with E-state index >= 15 is 0 Å². The summed E-state index contributed by atoms with van der Waals surface area (Å²) in [5, 5.41) is 11.3. The second kappa shape index (κ2) is 5.48. The minimum absolute atomic E-state index is 0.0557. The van der Waals surface area contributed by atoms with Crippen molar-refractivity contribution in [2.45, 2.75) is 33.2 Å². The molecule has 0 aromatic carbocycles. The average Bonchev–Trinajstić information content (AvgIpc) is 2.12. The van der Waals surface area contributed by atoms with E-state index in [1.807, 2.05) is 0 Å². The van der Waals surface area contributed by atoms with E-state index in [2.05, 4.69) is 5.32 Å². The number of hydrogen-bond acceptors (Lipinski definition) is 4. The molecular formula is C10H17NO5. The van der Waals surface area contributed by atoms with E-state index in [1.54, 1.807) is 6.92 Å². The lowest BCUT2D eigenvalue weighted by molar-refractivity contribution is -0.167. The summed E-state index contributed by atoms with van der Waals surface area (Å²) >= 11 is 0. The van der Waals surface area contributed by atoms with Gasteiger partial charge in [0.25, 0.3) is 0 Å². The molecule has 6 nitrogen and oxygen atoms in total. The summed E-state index contributed by atoms with van der Waals surface area (Å²) in [6.45, 7) is 5.83. The van der Waals surface area contributed by atoms with E-state index < -0.39 is 29.3 Å². The van der Waals surface area contributed by atoms with E-state index in [0.717, 1.165) is 6.92 Å². The van der Waals surface area contributed by atoms with Gasteiger partial charge in [0.1, 0.15) is 0 Å². The normalized spacial score (nSPS) is 14.1. The largest absolute Gasteiger partial charge is 0.479 e. The van der Waals surface area contributed by atoms with Crippen LogP contribution in [0.5, 0.6) is 0 Å². The van der Waals surface area contributed by atoms with Crippen LogP contribution in [0.15, 0.2) is 0 Å². The minimum atomic E-state index is -2.01. The molecule has 0 heterocycles. The summed E-state index contributed by atoms with van der Waals surface area (Å²) < 4.78 is 4.70. The highest BCUT2D eigenvalue weighted by Crippen LogP contribution is 2.20. The molecule has 0 aliphatic rings. The number of hydrogen-bond donors (Lipinski definition) is 2. The SMILES string of the molecule is CCOC(=O)C(NC(C)=O)(C(=O)O)C(C)C. The highest BCUT2D eigenvalue weighted by Gasteiger charge is 2.51. The summed E-state index contributed by atoms with van der Waals surface area (Å²) in [6, 6.07) is 0. The topological polar surface area (TPSA) is 92.7 Å². The Hall–Kier alpha value is -1.59. The molecule has 0 bridgehead atoms. The quantitative estimate of drug-likeness (QED) is 0.519. The third-order valence-electron chi connectivity index (χ3n) is 2.17. The molecule has 0 aromatic rings. The lowest BCUT2D eigenvalue weighted by Crippen LogP contribution is -2.63. The molecule has 92 valence electrons. The second-order valence-corrected chi connectivity index (χ2v) is 3.67. The highest BCUT2D eigenvalue weighted by molar-refractivity contribution is 6.07. The van der Waals surface area contributed by atoms with Gasteiger partial charge in [0.15, 0.2) is 0 Å². The molecule has 0 aromatic heterocycles. The molecular weight excluding hydrogens is 214 g/mol. The van der Waals surface area contributed by atoms with E-state index in [1.165, 1.54) is 13.8 Å². The fourth-order valence-corrected chi connectivity index (χ4v) is 1.34. The van der Waals surface area contributed by atoms with Gasteiger partial charge in [-0.05, 0) is 12.8 Å². The maximum atomic E-state index is 11.7. The van der Waals surface area contributed by atoms with Crippen molar-refractivity contribution in [3.63, 3.8) is 0 Å². The highest BCUT2D eigenvalue weighted by atomic mass is 16.5. The molecule has 0 spiro atoms. The number of carbonyl (C=O) groups excluding carboxylic acids is 2. The molecule has 1 unspecified atom stereocenters. The van der Waals surface area contributed by atoms with Crippen molar-refractivity contribution in [2.75, 3.05) is 6.61 Å². The van der Waals surface area contributed by atoms with Crippen LogP contribution < -0.4 is 5.32 Å². The molecule has 0 saturated heterocycles. The van der Waals surface area contributed by atoms with Crippen LogP contribution in [0.3, 0.4) is 0 Å². The Morgan fingerprint density at radius 3 is 2.12 bits per heavy atom. The summed E-state index contributed by atoms with van der Waals surface area (Å²) in [5.74, 6) is -3.58. The van der Waals surface area contributed by atoms with Crippen LogP contribution in [-0.4, -0.2) is 35.1 Å². The standard InChI is InChI=1S/C10H17NO5/c1-5-16-9(15)10(6(2)3,8(13)14)11-7(4)12/h6H,5H2,1-4H3,(H,11,12)(H,13,14). The first-order valence-corrected chi connectivity index (χ1v) is 4.98. The zero-order chi connectivity index (χ0) is 12.9. The van der Waals surface area contributed by atoms with Gasteiger partial charge in [-0.1, -0.05) is 13.8 Å². The van der Waals surface area contributed by atoms with Gasteiger partial charge in [-0.25, -0.2) is 9.59 Å². The lowest BCUT2D eigenvalue weighted by atomic mass is 9.86. The summed E-state index contributed by atoms with van der Waals surface area (Å²) in [7, 11) is 0. The van der Waals surface area contributed by atoms with Crippen molar-refractivity contribution in [1.29, 1.82) is 0 Å². The molecule has 0 saturated carbocycles. The Morgan fingerprint density at radius 2 is 1.88 bits per heavy atom. The third-order valence-corrected chi connectivity index (χ3v) is 2.17. The monoisotopic (exact) mass is 231 g/mol. The number of esters is 1. The molecule has 0 aliphatic heterocycles. The number of aliphatic carboxylic acids is 1. The number of amides is 1. The smallest absolute Gasteiger partial charge is 0.343 e. The van der Waals surface area contributed by atoms with E-state index in [4.69, 9.17) is 9.84 Å². The lowest BCUT2D eigenvalue weighted by Gasteiger charge is -2.31. The van der Waals surface area contributed by atoms with Crippen LogP contribution in [0.4, 0.5) is 0 Å². The zero-order valence-electron chi connectivity index (χ0n) is 9.86. The van der Waals surface area contributed by atoms with Crippen molar-refractivity contribution >= 4 is 17.8 Å². The van der Waals surface area contributed by atoms with Crippen molar-refractivity contribution in [2.24, 2.45) is 5.92 Å². The molecule has 1 amide bonds. The molecule has 6 heteroatoms. The van der Waals surface area contributed by atoms with Crippen LogP contribution in [0, 0.1) is 5.92 Å². The maximum absolute atomic E-state index is 11.7. The van der Waals surface area contributed by atoms with Crippen molar-refractivity contribution in [3.8, 4) is 0 Å². The Bertz CT molecular complexity index is 300. The predicted molar refractivity (Wildman–Crippen MR) is 55.7 cm³/mol. The van der Waals surface area contributed by atoms with Crippen LogP contribution in [0.2, 0.25) is 0 Å². The van der Waals surface area contributed by atoms with Crippen LogP contribution in [0.1, 0.15) is 27.7 Å².